The quantitative estimate of drug-likeness (QED) is 0.216. The van der Waals surface area contributed by atoms with E-state index < -0.39 is 29.2 Å². The van der Waals surface area contributed by atoms with Crippen molar-refractivity contribution in [3.8, 4) is 11.5 Å². The van der Waals surface area contributed by atoms with Crippen molar-refractivity contribution >= 4 is 29.1 Å². The van der Waals surface area contributed by atoms with Crippen LogP contribution in [-0.2, 0) is 0 Å². The molecule has 7 rings (SSSR count). The number of ether oxygens (including phenoxy) is 2. The summed E-state index contributed by atoms with van der Waals surface area (Å²) in [6.07, 6.45) is 3.78. The first-order chi connectivity index (χ1) is 20.4. The highest BCUT2D eigenvalue weighted by Gasteiger charge is 2.72. The molecule has 42 heavy (non-hydrogen) atoms. The zero-order valence-corrected chi connectivity index (χ0v) is 22.9. The number of anilines is 1. The first kappa shape index (κ1) is 25.9. The number of hydrogen-bond donors (Lipinski definition) is 0. The molecule has 208 valence electrons. The topological polar surface area (TPSA) is 72.9 Å². The Kier molecular flexibility index (Phi) is 5.87. The molecule has 3 atom stereocenters. The van der Waals surface area contributed by atoms with Crippen LogP contribution in [0.1, 0.15) is 48.1 Å². The highest BCUT2D eigenvalue weighted by atomic mass is 19.1. The van der Waals surface area contributed by atoms with Crippen molar-refractivity contribution in [2.24, 2.45) is 5.41 Å². The molecule has 0 unspecified atom stereocenters. The third-order valence-corrected chi connectivity index (χ3v) is 8.89. The Morgan fingerprint density at radius 1 is 0.833 bits per heavy atom. The van der Waals surface area contributed by atoms with E-state index in [1.807, 2.05) is 41.3 Å². The van der Waals surface area contributed by atoms with E-state index in [9.17, 15) is 18.8 Å². The van der Waals surface area contributed by atoms with Gasteiger partial charge in [0.1, 0.15) is 28.8 Å². The molecular formula is C35H26FNO5. The third-order valence-electron chi connectivity index (χ3n) is 8.89. The highest BCUT2D eigenvalue weighted by Crippen LogP contribution is 2.62. The Hall–Kier alpha value is -5.04. The van der Waals surface area contributed by atoms with Gasteiger partial charge in [0, 0.05) is 39.9 Å². The molecule has 0 saturated carbocycles. The van der Waals surface area contributed by atoms with Crippen LogP contribution >= 0.6 is 0 Å². The van der Waals surface area contributed by atoms with Gasteiger partial charge in [0.2, 0.25) is 0 Å². The second-order valence-corrected chi connectivity index (χ2v) is 10.7. The van der Waals surface area contributed by atoms with Gasteiger partial charge in [0.15, 0.2) is 17.3 Å². The summed E-state index contributed by atoms with van der Waals surface area (Å²) in [6.45, 7) is 0. The molecule has 0 aromatic heterocycles. The minimum absolute atomic E-state index is 0.275. The molecule has 6 nitrogen and oxygen atoms in total. The minimum atomic E-state index is -1.67. The number of para-hydroxylation sites is 1. The molecule has 7 heteroatoms. The lowest BCUT2D eigenvalue weighted by Crippen LogP contribution is -2.48. The standard InChI is InChI=1S/C35H26FNO5/c1-41-23-16-17-26(28(19-23)42-2)30-31(32(38)21-11-14-22(36)15-12-21)37-27-10-6-3-7-20(27)13-18-29(37)35(30)33(39)24-8-4-5-9-25(24)34(35)40/h3-19,29-31H,1-2H3/t29-,30+,31+/m1/s1. The van der Waals surface area contributed by atoms with Gasteiger partial charge in [-0.2, -0.15) is 0 Å². The lowest BCUT2D eigenvalue weighted by molar-refractivity contribution is 0.0665. The molecule has 1 aliphatic carbocycles. The maximum absolute atomic E-state index is 14.7. The van der Waals surface area contributed by atoms with Crippen LogP contribution in [0.2, 0.25) is 0 Å². The lowest BCUT2D eigenvalue weighted by atomic mass is 9.64. The molecule has 1 spiro atoms. The summed E-state index contributed by atoms with van der Waals surface area (Å²) in [7, 11) is 3.04. The maximum atomic E-state index is 14.7. The van der Waals surface area contributed by atoms with Gasteiger partial charge in [-0.25, -0.2) is 4.39 Å². The number of carbonyl (C=O) groups excluding carboxylic acids is 3. The number of rotatable bonds is 5. The number of benzene rings is 4. The number of carbonyl (C=O) groups is 3. The molecule has 2 heterocycles. The molecule has 1 saturated heterocycles. The molecular weight excluding hydrogens is 533 g/mol. The van der Waals surface area contributed by atoms with Crippen LogP contribution in [0.25, 0.3) is 6.08 Å². The first-order valence-electron chi connectivity index (χ1n) is 13.7. The zero-order chi connectivity index (χ0) is 29.2. The number of ketones is 3. The van der Waals surface area contributed by atoms with Gasteiger partial charge in [0.05, 0.1) is 20.3 Å². The van der Waals surface area contributed by atoms with Gasteiger partial charge < -0.3 is 14.4 Å². The van der Waals surface area contributed by atoms with Gasteiger partial charge in [-0.1, -0.05) is 60.7 Å². The number of hydrogen-bond acceptors (Lipinski definition) is 6. The van der Waals surface area contributed by atoms with E-state index in [4.69, 9.17) is 9.47 Å². The Balaban J connectivity index is 1.57. The van der Waals surface area contributed by atoms with Crippen LogP contribution < -0.4 is 14.4 Å². The largest absolute Gasteiger partial charge is 0.497 e. The van der Waals surface area contributed by atoms with E-state index in [0.29, 0.717) is 28.2 Å². The number of nitrogens with zero attached hydrogens (tertiary/aromatic N) is 1. The average molecular weight is 560 g/mol. The summed E-state index contributed by atoms with van der Waals surface area (Å²) in [5, 5.41) is 0. The Bertz CT molecular complexity index is 1780. The average Bonchev–Trinajstić information content (AvgIpc) is 3.46. The van der Waals surface area contributed by atoms with E-state index in [1.54, 1.807) is 42.5 Å². The number of fused-ring (bicyclic) bond motifs is 5. The maximum Gasteiger partial charge on any atom is 0.185 e. The number of halogens is 1. The molecule has 4 aromatic carbocycles. The predicted molar refractivity (Wildman–Crippen MR) is 156 cm³/mol. The summed E-state index contributed by atoms with van der Waals surface area (Å²) in [5.74, 6) is -1.50. The molecule has 3 aliphatic rings. The number of Topliss-reactive ketones (excluding diaryl/α,β-unsaturated/α-hetero) is 3. The molecule has 0 radical (unpaired) electrons. The van der Waals surface area contributed by atoms with Crippen molar-refractivity contribution in [2.75, 3.05) is 19.1 Å². The summed E-state index contributed by atoms with van der Waals surface area (Å²) in [5.41, 5.74) is 1.40. The van der Waals surface area contributed by atoms with Crippen LogP contribution in [0.5, 0.6) is 11.5 Å². The second kappa shape index (κ2) is 9.52. The Morgan fingerprint density at radius 2 is 1.50 bits per heavy atom. The second-order valence-electron chi connectivity index (χ2n) is 10.7. The van der Waals surface area contributed by atoms with Gasteiger partial charge >= 0.3 is 0 Å². The molecule has 1 fully saturated rings. The Morgan fingerprint density at radius 3 is 2.17 bits per heavy atom. The van der Waals surface area contributed by atoms with Gasteiger partial charge in [-0.15, -0.1) is 0 Å². The van der Waals surface area contributed by atoms with Crippen LogP contribution in [0.3, 0.4) is 0 Å². The fourth-order valence-corrected chi connectivity index (χ4v) is 7.12. The normalized spacial score (nSPS) is 21.2. The van der Waals surface area contributed by atoms with Crippen molar-refractivity contribution in [3.05, 3.63) is 131 Å². The molecule has 2 aliphatic heterocycles. The SMILES string of the molecule is COc1ccc([C@H]2[C@@H](C(=O)c3ccc(F)cc3)N3c4ccccc4C=C[C@@H]3C23C(=O)c2ccccc2C3=O)c(OC)c1. The van der Waals surface area contributed by atoms with Crippen LogP contribution in [-0.4, -0.2) is 43.7 Å². The number of methoxy groups -OCH3 is 2. The van der Waals surface area contributed by atoms with Crippen molar-refractivity contribution in [2.45, 2.75) is 18.0 Å². The fraction of sp³-hybridized carbons (Fsp3) is 0.171. The van der Waals surface area contributed by atoms with Crippen molar-refractivity contribution < 1.29 is 28.2 Å². The third kappa shape index (κ3) is 3.40. The Labute approximate surface area is 242 Å². The molecule has 0 N–H and O–H groups in total. The van der Waals surface area contributed by atoms with Gasteiger partial charge in [-0.05, 0) is 42.0 Å². The van der Waals surface area contributed by atoms with Gasteiger partial charge in [0.25, 0.3) is 0 Å². The van der Waals surface area contributed by atoms with E-state index in [2.05, 4.69) is 0 Å². The fourth-order valence-electron chi connectivity index (χ4n) is 7.12. The molecule has 0 bridgehead atoms. The van der Waals surface area contributed by atoms with Crippen molar-refractivity contribution in [3.63, 3.8) is 0 Å². The van der Waals surface area contributed by atoms with E-state index in [0.717, 1.165) is 11.3 Å². The van der Waals surface area contributed by atoms with Crippen molar-refractivity contribution in [1.29, 1.82) is 0 Å². The minimum Gasteiger partial charge on any atom is -0.497 e. The van der Waals surface area contributed by atoms with E-state index in [-0.39, 0.29) is 22.9 Å². The van der Waals surface area contributed by atoms with Crippen LogP contribution in [0.15, 0.2) is 97.1 Å². The van der Waals surface area contributed by atoms with E-state index >= 15 is 0 Å². The molecule has 0 amide bonds. The van der Waals surface area contributed by atoms with E-state index in [1.165, 1.54) is 38.5 Å². The summed E-state index contributed by atoms with van der Waals surface area (Å²) in [4.78, 5) is 46.1. The predicted octanol–water partition coefficient (Wildman–Crippen LogP) is 6.16. The highest BCUT2D eigenvalue weighted by molar-refractivity contribution is 6.32. The van der Waals surface area contributed by atoms with Crippen LogP contribution in [0.4, 0.5) is 10.1 Å². The zero-order valence-electron chi connectivity index (χ0n) is 22.9. The smallest absolute Gasteiger partial charge is 0.185 e. The summed E-state index contributed by atoms with van der Waals surface area (Å²) < 4.78 is 25.2. The lowest BCUT2D eigenvalue weighted by Gasteiger charge is -2.37. The first-order valence-corrected chi connectivity index (χ1v) is 13.7. The summed E-state index contributed by atoms with van der Waals surface area (Å²) >= 11 is 0. The monoisotopic (exact) mass is 559 g/mol. The van der Waals surface area contributed by atoms with Gasteiger partial charge in [-0.3, -0.25) is 14.4 Å². The van der Waals surface area contributed by atoms with Crippen LogP contribution in [0, 0.1) is 11.2 Å². The molecule has 4 aromatic rings. The summed E-state index contributed by atoms with van der Waals surface area (Å²) in [6, 6.07) is 23.2. The van der Waals surface area contributed by atoms with Crippen molar-refractivity contribution in [1.82, 2.24) is 0 Å².